The summed E-state index contributed by atoms with van der Waals surface area (Å²) in [6, 6.07) is 6.86. The monoisotopic (exact) mass is 220 g/mol. The maximum absolute atomic E-state index is 10.6. The summed E-state index contributed by atoms with van der Waals surface area (Å²) in [5.41, 5.74) is 0.970. The quantitative estimate of drug-likeness (QED) is 0.613. The number of nitrogens with one attached hydrogen (secondary N) is 1. The molecular formula is C12H16N2O2. The normalized spacial score (nSPS) is 12.9. The highest BCUT2D eigenvalue weighted by molar-refractivity contribution is 5.53. The minimum atomic E-state index is -0.384. The number of hydrogen-bond acceptors (Lipinski definition) is 3. The highest BCUT2D eigenvalue weighted by Crippen LogP contribution is 2.14. The van der Waals surface area contributed by atoms with Crippen molar-refractivity contribution < 1.29 is 4.92 Å². The van der Waals surface area contributed by atoms with Gasteiger partial charge in [-0.2, -0.15) is 0 Å². The van der Waals surface area contributed by atoms with Gasteiger partial charge < -0.3 is 5.32 Å². The van der Waals surface area contributed by atoms with Gasteiger partial charge in [-0.1, -0.05) is 31.2 Å². The predicted molar refractivity (Wildman–Crippen MR) is 65.3 cm³/mol. The lowest BCUT2D eigenvalue weighted by molar-refractivity contribution is -0.384. The van der Waals surface area contributed by atoms with Gasteiger partial charge in [-0.3, -0.25) is 10.1 Å². The third-order valence-corrected chi connectivity index (χ3v) is 2.18. The molecule has 1 rings (SSSR count). The van der Waals surface area contributed by atoms with Crippen LogP contribution >= 0.6 is 0 Å². The molecule has 16 heavy (non-hydrogen) atoms. The van der Waals surface area contributed by atoms with E-state index in [1.807, 2.05) is 32.1 Å². The van der Waals surface area contributed by atoms with Gasteiger partial charge in [-0.05, 0) is 19.0 Å². The smallest absolute Gasteiger partial charge is 0.270 e. The number of likely N-dealkylation sites (N-methyl/N-ethyl adjacent to an activating group) is 1. The molecule has 0 aromatic heterocycles. The molecule has 0 aliphatic heterocycles. The largest absolute Gasteiger partial charge is 0.311 e. The fourth-order valence-electron chi connectivity index (χ4n) is 1.39. The van der Waals surface area contributed by atoms with E-state index in [0.717, 1.165) is 12.1 Å². The molecule has 0 fully saturated rings. The molecule has 4 nitrogen and oxygen atoms in total. The Morgan fingerprint density at radius 1 is 1.56 bits per heavy atom. The molecule has 0 bridgehead atoms. The summed E-state index contributed by atoms with van der Waals surface area (Å²) in [6.45, 7) is 4.98. The molecule has 86 valence electrons. The van der Waals surface area contributed by atoms with Crippen LogP contribution < -0.4 is 5.32 Å². The molecule has 4 heteroatoms. The highest BCUT2D eigenvalue weighted by Gasteiger charge is 2.03. The minimum absolute atomic E-state index is 0.123. The van der Waals surface area contributed by atoms with E-state index in [-0.39, 0.29) is 16.7 Å². The van der Waals surface area contributed by atoms with E-state index >= 15 is 0 Å². The summed E-state index contributed by atoms with van der Waals surface area (Å²) in [5.74, 6) is 0. The first-order chi connectivity index (χ1) is 7.63. The van der Waals surface area contributed by atoms with E-state index in [0.29, 0.717) is 0 Å². The molecule has 1 aromatic rings. The second-order valence-electron chi connectivity index (χ2n) is 3.56. The second-order valence-corrected chi connectivity index (χ2v) is 3.56. The molecule has 0 amide bonds. The lowest BCUT2D eigenvalue weighted by Crippen LogP contribution is -2.22. The first-order valence-corrected chi connectivity index (χ1v) is 5.29. The fourth-order valence-corrected chi connectivity index (χ4v) is 1.39. The topological polar surface area (TPSA) is 55.2 Å². The van der Waals surface area contributed by atoms with Gasteiger partial charge in [0.1, 0.15) is 0 Å². The van der Waals surface area contributed by atoms with Crippen molar-refractivity contribution in [2.75, 3.05) is 6.54 Å². The van der Waals surface area contributed by atoms with Crippen LogP contribution in [0, 0.1) is 10.1 Å². The predicted octanol–water partition coefficient (Wildman–Crippen LogP) is 2.61. The summed E-state index contributed by atoms with van der Waals surface area (Å²) in [5, 5.41) is 13.8. The number of benzene rings is 1. The van der Waals surface area contributed by atoms with E-state index in [1.165, 1.54) is 6.07 Å². The molecule has 1 aromatic carbocycles. The van der Waals surface area contributed by atoms with Crippen LogP contribution in [0.1, 0.15) is 19.4 Å². The van der Waals surface area contributed by atoms with Crippen LogP contribution in [-0.2, 0) is 0 Å². The van der Waals surface area contributed by atoms with Crippen LogP contribution in [0.15, 0.2) is 30.3 Å². The van der Waals surface area contributed by atoms with Crippen molar-refractivity contribution >= 4 is 11.8 Å². The van der Waals surface area contributed by atoms with E-state index < -0.39 is 0 Å². The first-order valence-electron chi connectivity index (χ1n) is 5.29. The molecule has 0 saturated carbocycles. The zero-order chi connectivity index (χ0) is 12.0. The van der Waals surface area contributed by atoms with E-state index in [4.69, 9.17) is 0 Å². The molecule has 0 radical (unpaired) electrons. The van der Waals surface area contributed by atoms with Gasteiger partial charge in [0, 0.05) is 18.2 Å². The number of nitro groups is 1. The van der Waals surface area contributed by atoms with Gasteiger partial charge in [0.25, 0.3) is 5.69 Å². The molecule has 1 N–H and O–H groups in total. The van der Waals surface area contributed by atoms with Crippen LogP contribution in [0.2, 0.25) is 0 Å². The Kier molecular flexibility index (Phi) is 4.66. The number of nitro benzene ring substituents is 1. The van der Waals surface area contributed by atoms with Gasteiger partial charge in [0.05, 0.1) is 4.92 Å². The second kappa shape index (κ2) is 6.02. The molecule has 0 heterocycles. The van der Waals surface area contributed by atoms with Crippen molar-refractivity contribution in [1.82, 2.24) is 5.32 Å². The Morgan fingerprint density at radius 2 is 2.31 bits per heavy atom. The van der Waals surface area contributed by atoms with Gasteiger partial charge >= 0.3 is 0 Å². The Hall–Kier alpha value is -1.68. The van der Waals surface area contributed by atoms with Crippen LogP contribution in [0.3, 0.4) is 0 Å². The van der Waals surface area contributed by atoms with Crippen molar-refractivity contribution in [3.8, 4) is 0 Å². The van der Waals surface area contributed by atoms with Crippen molar-refractivity contribution in [3.05, 3.63) is 46.0 Å². The molecule has 0 aliphatic rings. The number of rotatable bonds is 5. The van der Waals surface area contributed by atoms with Crippen LogP contribution in [-0.4, -0.2) is 17.5 Å². The maximum Gasteiger partial charge on any atom is 0.270 e. The van der Waals surface area contributed by atoms with E-state index in [9.17, 15) is 10.1 Å². The van der Waals surface area contributed by atoms with Crippen LogP contribution in [0.25, 0.3) is 6.08 Å². The van der Waals surface area contributed by atoms with Gasteiger partial charge in [-0.25, -0.2) is 0 Å². The SMILES string of the molecule is CCNC(C)/C=C/c1cccc([N+](=O)[O-])c1. The number of hydrogen-bond donors (Lipinski definition) is 1. The Labute approximate surface area is 95.1 Å². The zero-order valence-electron chi connectivity index (χ0n) is 9.51. The summed E-state index contributed by atoms with van der Waals surface area (Å²) >= 11 is 0. The van der Waals surface area contributed by atoms with Gasteiger partial charge in [0.2, 0.25) is 0 Å². The molecule has 0 aliphatic carbocycles. The van der Waals surface area contributed by atoms with Crippen LogP contribution in [0.4, 0.5) is 5.69 Å². The summed E-state index contributed by atoms with van der Waals surface area (Å²) in [6.07, 6.45) is 3.88. The van der Waals surface area contributed by atoms with Gasteiger partial charge in [0.15, 0.2) is 0 Å². The first kappa shape index (κ1) is 12.4. The van der Waals surface area contributed by atoms with E-state index in [2.05, 4.69) is 5.32 Å². The number of nitrogens with zero attached hydrogens (tertiary/aromatic N) is 1. The van der Waals surface area contributed by atoms with Crippen molar-refractivity contribution in [2.45, 2.75) is 19.9 Å². The average molecular weight is 220 g/mol. The van der Waals surface area contributed by atoms with Crippen molar-refractivity contribution in [1.29, 1.82) is 0 Å². The van der Waals surface area contributed by atoms with Crippen molar-refractivity contribution in [3.63, 3.8) is 0 Å². The van der Waals surface area contributed by atoms with Crippen LogP contribution in [0.5, 0.6) is 0 Å². The summed E-state index contributed by atoms with van der Waals surface area (Å²) in [7, 11) is 0. The van der Waals surface area contributed by atoms with Crippen molar-refractivity contribution in [2.24, 2.45) is 0 Å². The molecule has 1 atom stereocenters. The summed E-state index contributed by atoms with van der Waals surface area (Å²) < 4.78 is 0. The van der Waals surface area contributed by atoms with E-state index in [1.54, 1.807) is 12.1 Å². The number of non-ortho nitro benzene ring substituents is 1. The highest BCUT2D eigenvalue weighted by atomic mass is 16.6. The maximum atomic E-state index is 10.6. The average Bonchev–Trinajstić information content (AvgIpc) is 2.27. The van der Waals surface area contributed by atoms with Gasteiger partial charge in [-0.15, -0.1) is 0 Å². The Bertz CT molecular complexity index is 388. The molecule has 1 unspecified atom stereocenters. The fraction of sp³-hybridized carbons (Fsp3) is 0.333. The third-order valence-electron chi connectivity index (χ3n) is 2.18. The lowest BCUT2D eigenvalue weighted by Gasteiger charge is -2.05. The molecule has 0 spiro atoms. The Balaban J connectivity index is 2.73. The molecular weight excluding hydrogens is 204 g/mol. The zero-order valence-corrected chi connectivity index (χ0v) is 9.51. The standard InChI is InChI=1S/C12H16N2O2/c1-3-13-10(2)7-8-11-5-4-6-12(9-11)14(15)16/h4-10,13H,3H2,1-2H3/b8-7+. The minimum Gasteiger partial charge on any atom is -0.311 e. The summed E-state index contributed by atoms with van der Waals surface area (Å²) in [4.78, 5) is 10.2. The lowest BCUT2D eigenvalue weighted by atomic mass is 10.1. The Morgan fingerprint density at radius 3 is 2.94 bits per heavy atom. The third kappa shape index (κ3) is 3.82. The molecule has 0 saturated heterocycles.